The summed E-state index contributed by atoms with van der Waals surface area (Å²) in [5.41, 5.74) is 0.327. The lowest BCUT2D eigenvalue weighted by Crippen LogP contribution is -2.09. The van der Waals surface area contributed by atoms with Crippen molar-refractivity contribution in [3.05, 3.63) is 40.6 Å². The Morgan fingerprint density at radius 1 is 0.923 bits per heavy atom. The lowest BCUT2D eigenvalue weighted by atomic mass is 10.1. The molecule has 0 saturated heterocycles. The molecule has 26 heavy (non-hydrogen) atoms. The molecule has 0 radical (unpaired) electrons. The van der Waals surface area contributed by atoms with Gasteiger partial charge in [0.2, 0.25) is 16.9 Å². The van der Waals surface area contributed by atoms with Gasteiger partial charge in [-0.15, -0.1) is 0 Å². The highest BCUT2D eigenvalue weighted by Gasteiger charge is 2.24. The number of phenolic OH excluding ortho intramolecular Hbond substituents is 1. The molecule has 0 spiro atoms. The fourth-order valence-corrected chi connectivity index (χ4v) is 2.76. The van der Waals surface area contributed by atoms with Gasteiger partial charge in [-0.2, -0.15) is 0 Å². The van der Waals surface area contributed by atoms with E-state index in [1.807, 2.05) is 0 Å². The van der Waals surface area contributed by atoms with Crippen LogP contribution < -0.4 is 24.4 Å². The Bertz CT molecular complexity index is 1020. The van der Waals surface area contributed by atoms with E-state index < -0.39 is 5.43 Å². The first-order valence-corrected chi connectivity index (χ1v) is 7.68. The fourth-order valence-electron chi connectivity index (χ4n) is 2.76. The summed E-state index contributed by atoms with van der Waals surface area (Å²) in [6.07, 6.45) is 0. The highest BCUT2D eigenvalue weighted by atomic mass is 16.5. The summed E-state index contributed by atoms with van der Waals surface area (Å²) in [5, 5.41) is 10.3. The summed E-state index contributed by atoms with van der Waals surface area (Å²) < 4.78 is 26.8. The number of hydrogen-bond donors (Lipinski definition) is 1. The van der Waals surface area contributed by atoms with Crippen LogP contribution in [0.15, 0.2) is 39.5 Å². The van der Waals surface area contributed by atoms with E-state index >= 15 is 0 Å². The molecular formula is C19H18O7. The average Bonchev–Trinajstić information content (AvgIpc) is 2.67. The summed E-state index contributed by atoms with van der Waals surface area (Å²) in [5.74, 6) is 0.634. The Kier molecular flexibility index (Phi) is 4.62. The molecule has 1 aromatic heterocycles. The summed E-state index contributed by atoms with van der Waals surface area (Å²) in [6.45, 7) is 0. The second-order valence-electron chi connectivity index (χ2n) is 5.36. The van der Waals surface area contributed by atoms with Crippen molar-refractivity contribution in [3.63, 3.8) is 0 Å². The number of aromatic hydroxyl groups is 1. The van der Waals surface area contributed by atoms with Gasteiger partial charge < -0.3 is 28.5 Å². The van der Waals surface area contributed by atoms with Crippen molar-refractivity contribution < 1.29 is 28.5 Å². The molecule has 0 unspecified atom stereocenters. The number of phenols is 1. The van der Waals surface area contributed by atoms with Gasteiger partial charge in [-0.25, -0.2) is 0 Å². The van der Waals surface area contributed by atoms with Crippen LogP contribution in [0.5, 0.6) is 28.7 Å². The molecule has 7 nitrogen and oxygen atoms in total. The number of rotatable bonds is 5. The van der Waals surface area contributed by atoms with Crippen LogP contribution in [-0.4, -0.2) is 33.5 Å². The Labute approximate surface area is 149 Å². The third-order valence-electron chi connectivity index (χ3n) is 4.00. The van der Waals surface area contributed by atoms with Crippen LogP contribution in [0, 0.1) is 0 Å². The van der Waals surface area contributed by atoms with Crippen molar-refractivity contribution >= 4 is 11.0 Å². The van der Waals surface area contributed by atoms with Crippen LogP contribution in [0.2, 0.25) is 0 Å². The van der Waals surface area contributed by atoms with Crippen LogP contribution in [0.25, 0.3) is 22.3 Å². The van der Waals surface area contributed by atoms with Gasteiger partial charge in [-0.05, 0) is 12.1 Å². The Hall–Kier alpha value is -3.35. The molecule has 3 aromatic rings. The van der Waals surface area contributed by atoms with Crippen LogP contribution in [0.4, 0.5) is 0 Å². The first-order valence-electron chi connectivity index (χ1n) is 7.68. The molecule has 2 aromatic carbocycles. The van der Waals surface area contributed by atoms with Crippen LogP contribution in [0.3, 0.4) is 0 Å². The van der Waals surface area contributed by atoms with Gasteiger partial charge in [0.1, 0.15) is 16.7 Å². The molecule has 0 amide bonds. The largest absolute Gasteiger partial charge is 0.502 e. The lowest BCUT2D eigenvalue weighted by Gasteiger charge is -2.14. The zero-order chi connectivity index (χ0) is 18.8. The van der Waals surface area contributed by atoms with E-state index in [0.29, 0.717) is 11.3 Å². The minimum Gasteiger partial charge on any atom is -0.502 e. The van der Waals surface area contributed by atoms with Crippen molar-refractivity contribution in [1.29, 1.82) is 0 Å². The molecule has 1 heterocycles. The molecule has 0 bridgehead atoms. The highest BCUT2D eigenvalue weighted by Crippen LogP contribution is 2.43. The van der Waals surface area contributed by atoms with E-state index in [2.05, 4.69) is 0 Å². The number of ether oxygens (including phenoxy) is 4. The number of fused-ring (bicyclic) bond motifs is 1. The summed E-state index contributed by atoms with van der Waals surface area (Å²) in [6, 6.07) is 8.47. The molecule has 0 atom stereocenters. The van der Waals surface area contributed by atoms with Gasteiger partial charge in [-0.1, -0.05) is 12.1 Å². The Morgan fingerprint density at radius 3 is 2.27 bits per heavy atom. The lowest BCUT2D eigenvalue weighted by molar-refractivity contribution is 0.341. The Balaban J connectivity index is 2.42. The quantitative estimate of drug-likeness (QED) is 0.749. The second-order valence-corrected chi connectivity index (χ2v) is 5.36. The van der Waals surface area contributed by atoms with Gasteiger partial charge in [0.15, 0.2) is 17.3 Å². The zero-order valence-electron chi connectivity index (χ0n) is 14.8. The van der Waals surface area contributed by atoms with Gasteiger partial charge in [-0.3, -0.25) is 4.79 Å². The van der Waals surface area contributed by atoms with Crippen molar-refractivity contribution in [1.82, 2.24) is 0 Å². The SMILES string of the molecule is COc1cccc(-c2oc3cc(OC)c(O)c(OC)c3c(=O)c2OC)c1. The predicted molar refractivity (Wildman–Crippen MR) is 95.8 cm³/mol. The molecule has 0 fully saturated rings. The maximum absolute atomic E-state index is 13.0. The van der Waals surface area contributed by atoms with Crippen molar-refractivity contribution in [2.45, 2.75) is 0 Å². The molecule has 0 aliphatic heterocycles. The van der Waals surface area contributed by atoms with Gasteiger partial charge in [0, 0.05) is 11.6 Å². The average molecular weight is 358 g/mol. The summed E-state index contributed by atoms with van der Waals surface area (Å²) in [7, 11) is 5.66. The van der Waals surface area contributed by atoms with Crippen LogP contribution in [0.1, 0.15) is 0 Å². The van der Waals surface area contributed by atoms with Crippen LogP contribution in [-0.2, 0) is 0 Å². The van der Waals surface area contributed by atoms with E-state index in [9.17, 15) is 9.90 Å². The van der Waals surface area contributed by atoms with Crippen LogP contribution >= 0.6 is 0 Å². The first kappa shape index (κ1) is 17.5. The second kappa shape index (κ2) is 6.87. The third-order valence-corrected chi connectivity index (χ3v) is 4.00. The third kappa shape index (κ3) is 2.67. The molecule has 3 rings (SSSR count). The van der Waals surface area contributed by atoms with E-state index in [1.165, 1.54) is 27.4 Å². The van der Waals surface area contributed by atoms with Gasteiger partial charge >= 0.3 is 0 Å². The first-order chi connectivity index (χ1) is 12.5. The maximum Gasteiger partial charge on any atom is 0.239 e. The normalized spacial score (nSPS) is 10.6. The van der Waals surface area contributed by atoms with E-state index in [1.54, 1.807) is 31.4 Å². The minimum atomic E-state index is -0.471. The molecule has 1 N–H and O–H groups in total. The van der Waals surface area contributed by atoms with Crippen molar-refractivity contribution in [2.75, 3.05) is 28.4 Å². The molecular weight excluding hydrogens is 340 g/mol. The Morgan fingerprint density at radius 2 is 1.65 bits per heavy atom. The molecule has 136 valence electrons. The smallest absolute Gasteiger partial charge is 0.239 e. The monoisotopic (exact) mass is 358 g/mol. The standard InChI is InChI=1S/C19H18O7/c1-22-11-7-5-6-10(8-11)17-19(25-4)16(21)14-12(26-17)9-13(23-2)15(20)18(14)24-3/h5-9,20H,1-4H3. The molecule has 0 saturated carbocycles. The fraction of sp³-hybridized carbons (Fsp3) is 0.211. The minimum absolute atomic E-state index is 0.00591. The van der Waals surface area contributed by atoms with Crippen molar-refractivity contribution in [3.8, 4) is 40.1 Å². The molecule has 7 heteroatoms. The maximum atomic E-state index is 13.0. The predicted octanol–water partition coefficient (Wildman–Crippen LogP) is 3.20. The summed E-state index contributed by atoms with van der Waals surface area (Å²) in [4.78, 5) is 13.0. The summed E-state index contributed by atoms with van der Waals surface area (Å²) >= 11 is 0. The van der Waals surface area contributed by atoms with E-state index in [4.69, 9.17) is 23.4 Å². The molecule has 0 aliphatic rings. The van der Waals surface area contributed by atoms with E-state index in [0.717, 1.165) is 0 Å². The number of benzene rings is 2. The topological polar surface area (TPSA) is 87.4 Å². The number of hydrogen-bond acceptors (Lipinski definition) is 7. The van der Waals surface area contributed by atoms with E-state index in [-0.39, 0.29) is 39.7 Å². The highest BCUT2D eigenvalue weighted by molar-refractivity contribution is 5.91. The number of methoxy groups -OCH3 is 4. The van der Waals surface area contributed by atoms with Gasteiger partial charge in [0.25, 0.3) is 0 Å². The zero-order valence-corrected chi connectivity index (χ0v) is 14.8. The molecule has 0 aliphatic carbocycles. The van der Waals surface area contributed by atoms with Crippen molar-refractivity contribution in [2.24, 2.45) is 0 Å². The van der Waals surface area contributed by atoms with Gasteiger partial charge in [0.05, 0.1) is 28.4 Å².